The summed E-state index contributed by atoms with van der Waals surface area (Å²) in [7, 11) is 3.05. The molecule has 0 radical (unpaired) electrons. The highest BCUT2D eigenvalue weighted by Gasteiger charge is 2.22. The van der Waals surface area contributed by atoms with Crippen molar-refractivity contribution >= 4 is 22.8 Å². The van der Waals surface area contributed by atoms with E-state index in [9.17, 15) is 14.7 Å². The van der Waals surface area contributed by atoms with E-state index < -0.39 is 17.9 Å². The number of carbonyl (C=O) groups excluding carboxylic acids is 1. The number of aromatic amines is 1. The number of H-pyrrole nitrogens is 1. The fourth-order valence-corrected chi connectivity index (χ4v) is 3.14. The molecule has 146 valence electrons. The first-order valence-electron chi connectivity index (χ1n) is 8.80. The molecule has 0 saturated carbocycles. The van der Waals surface area contributed by atoms with E-state index in [1.807, 2.05) is 24.3 Å². The third-order valence-electron chi connectivity index (χ3n) is 4.58. The lowest BCUT2D eigenvalue weighted by Crippen LogP contribution is -2.43. The quantitative estimate of drug-likeness (QED) is 0.556. The minimum Gasteiger partial charge on any atom is -0.497 e. The van der Waals surface area contributed by atoms with Crippen LogP contribution in [0.25, 0.3) is 10.9 Å². The molecular weight excluding hydrogens is 360 g/mol. The van der Waals surface area contributed by atoms with Crippen LogP contribution in [0.15, 0.2) is 48.7 Å². The Bertz CT molecular complexity index is 995. The summed E-state index contributed by atoms with van der Waals surface area (Å²) >= 11 is 0. The maximum absolute atomic E-state index is 12.5. The van der Waals surface area contributed by atoms with Crippen molar-refractivity contribution in [2.24, 2.45) is 0 Å². The number of hydrogen-bond acceptors (Lipinski definition) is 4. The van der Waals surface area contributed by atoms with Gasteiger partial charge in [-0.05, 0) is 17.7 Å². The number of carboxylic acid groups (broad SMARTS) is 1. The molecule has 1 heterocycles. The summed E-state index contributed by atoms with van der Waals surface area (Å²) in [5, 5.41) is 13.1. The Morgan fingerprint density at radius 2 is 1.89 bits per heavy atom. The Hall–Kier alpha value is -3.48. The van der Waals surface area contributed by atoms with Crippen LogP contribution in [0.4, 0.5) is 0 Å². The van der Waals surface area contributed by atoms with Crippen LogP contribution in [0, 0.1) is 0 Å². The van der Waals surface area contributed by atoms with E-state index in [0.29, 0.717) is 17.1 Å². The van der Waals surface area contributed by atoms with Crippen LogP contribution >= 0.6 is 0 Å². The molecule has 0 aliphatic heterocycles. The third kappa shape index (κ3) is 4.25. The van der Waals surface area contributed by atoms with Gasteiger partial charge in [-0.25, -0.2) is 4.79 Å². The molecule has 1 atom stereocenters. The molecule has 3 N–H and O–H groups in total. The molecule has 7 heteroatoms. The minimum atomic E-state index is -1.08. The van der Waals surface area contributed by atoms with Crippen molar-refractivity contribution in [1.29, 1.82) is 0 Å². The van der Waals surface area contributed by atoms with Crippen molar-refractivity contribution in [2.75, 3.05) is 14.2 Å². The first-order valence-corrected chi connectivity index (χ1v) is 8.80. The lowest BCUT2D eigenvalue weighted by Gasteiger charge is -2.15. The van der Waals surface area contributed by atoms with Gasteiger partial charge in [-0.3, -0.25) is 4.79 Å². The highest BCUT2D eigenvalue weighted by Crippen LogP contribution is 2.25. The average Bonchev–Trinajstić information content (AvgIpc) is 3.10. The van der Waals surface area contributed by atoms with E-state index in [4.69, 9.17) is 9.47 Å². The van der Waals surface area contributed by atoms with E-state index in [1.165, 1.54) is 7.11 Å². The Labute approximate surface area is 162 Å². The summed E-state index contributed by atoms with van der Waals surface area (Å²) in [5.41, 5.74) is 2.42. The number of amides is 1. The monoisotopic (exact) mass is 382 g/mol. The SMILES string of the molecule is COc1ccc(CC(=O)NC(Cc2c[nH]c3ccccc23)C(=O)O)c(OC)c1. The topological polar surface area (TPSA) is 101 Å². The second-order valence-electron chi connectivity index (χ2n) is 6.38. The summed E-state index contributed by atoms with van der Waals surface area (Å²) in [6, 6.07) is 11.7. The number of aromatic nitrogens is 1. The van der Waals surface area contributed by atoms with Gasteiger partial charge in [-0.15, -0.1) is 0 Å². The van der Waals surface area contributed by atoms with Gasteiger partial charge in [0.15, 0.2) is 0 Å². The van der Waals surface area contributed by atoms with E-state index in [2.05, 4.69) is 10.3 Å². The fraction of sp³-hybridized carbons (Fsp3) is 0.238. The van der Waals surface area contributed by atoms with Crippen LogP contribution < -0.4 is 14.8 Å². The molecule has 0 bridgehead atoms. The van der Waals surface area contributed by atoms with Crippen molar-refractivity contribution in [3.8, 4) is 11.5 Å². The van der Waals surface area contributed by atoms with Crippen LogP contribution in [0.5, 0.6) is 11.5 Å². The Balaban J connectivity index is 1.72. The van der Waals surface area contributed by atoms with Crippen LogP contribution in [0.3, 0.4) is 0 Å². The van der Waals surface area contributed by atoms with Crippen molar-refractivity contribution in [1.82, 2.24) is 10.3 Å². The van der Waals surface area contributed by atoms with Gasteiger partial charge in [-0.2, -0.15) is 0 Å². The molecule has 0 fully saturated rings. The van der Waals surface area contributed by atoms with Gasteiger partial charge in [-0.1, -0.05) is 24.3 Å². The second kappa shape index (κ2) is 8.47. The number of aliphatic carboxylic acids is 1. The molecule has 0 spiro atoms. The van der Waals surface area contributed by atoms with Gasteiger partial charge in [0.2, 0.25) is 5.91 Å². The molecule has 0 aliphatic carbocycles. The lowest BCUT2D eigenvalue weighted by molar-refractivity contribution is -0.141. The van der Waals surface area contributed by atoms with E-state index in [-0.39, 0.29) is 12.8 Å². The summed E-state index contributed by atoms with van der Waals surface area (Å²) in [6.07, 6.45) is 1.97. The normalized spacial score (nSPS) is 11.8. The molecular formula is C21H22N2O5. The smallest absolute Gasteiger partial charge is 0.326 e. The maximum Gasteiger partial charge on any atom is 0.326 e. The molecule has 7 nitrogen and oxygen atoms in total. The number of nitrogens with one attached hydrogen (secondary N) is 2. The molecule has 3 aromatic rings. The molecule has 1 unspecified atom stereocenters. The predicted octanol–water partition coefficient (Wildman–Crippen LogP) is 2.54. The number of ether oxygens (including phenoxy) is 2. The minimum absolute atomic E-state index is 0.00479. The number of carbonyl (C=O) groups is 2. The third-order valence-corrected chi connectivity index (χ3v) is 4.58. The number of carboxylic acids is 1. The number of methoxy groups -OCH3 is 2. The van der Waals surface area contributed by atoms with Gasteiger partial charge in [0, 0.05) is 35.2 Å². The van der Waals surface area contributed by atoms with Crippen LogP contribution in [0.1, 0.15) is 11.1 Å². The number of hydrogen-bond donors (Lipinski definition) is 3. The van der Waals surface area contributed by atoms with Crippen molar-refractivity contribution in [2.45, 2.75) is 18.9 Å². The average molecular weight is 382 g/mol. The Morgan fingerprint density at radius 1 is 1.11 bits per heavy atom. The molecule has 0 saturated heterocycles. The maximum atomic E-state index is 12.5. The van der Waals surface area contributed by atoms with Crippen molar-refractivity contribution in [3.63, 3.8) is 0 Å². The highest BCUT2D eigenvalue weighted by molar-refractivity contribution is 5.87. The highest BCUT2D eigenvalue weighted by atomic mass is 16.5. The van der Waals surface area contributed by atoms with Crippen LogP contribution in [-0.2, 0) is 22.4 Å². The summed E-state index contributed by atoms with van der Waals surface area (Å²) in [5.74, 6) is -0.349. The summed E-state index contributed by atoms with van der Waals surface area (Å²) in [6.45, 7) is 0. The van der Waals surface area contributed by atoms with Crippen LogP contribution in [-0.4, -0.2) is 42.2 Å². The largest absolute Gasteiger partial charge is 0.497 e. The number of para-hydroxylation sites is 1. The first-order chi connectivity index (χ1) is 13.5. The Kier molecular flexibility index (Phi) is 5.84. The Morgan fingerprint density at radius 3 is 2.61 bits per heavy atom. The van der Waals surface area contributed by atoms with E-state index >= 15 is 0 Å². The van der Waals surface area contributed by atoms with Crippen LogP contribution in [0.2, 0.25) is 0 Å². The van der Waals surface area contributed by atoms with Gasteiger partial charge >= 0.3 is 5.97 Å². The molecule has 28 heavy (non-hydrogen) atoms. The zero-order chi connectivity index (χ0) is 20.1. The molecule has 0 aliphatic rings. The number of rotatable bonds is 8. The molecule has 1 aromatic heterocycles. The van der Waals surface area contributed by atoms with Gasteiger partial charge in [0.1, 0.15) is 17.5 Å². The predicted molar refractivity (Wildman–Crippen MR) is 105 cm³/mol. The summed E-state index contributed by atoms with van der Waals surface area (Å²) < 4.78 is 10.4. The van der Waals surface area contributed by atoms with Gasteiger partial charge in [0.25, 0.3) is 0 Å². The van der Waals surface area contributed by atoms with E-state index in [0.717, 1.165) is 16.5 Å². The standard InChI is InChI=1S/C21H22N2O5/c1-27-15-8-7-13(19(11-15)28-2)10-20(24)23-18(21(25)26)9-14-12-22-17-6-4-3-5-16(14)17/h3-8,11-12,18,22H,9-10H2,1-2H3,(H,23,24)(H,25,26). The second-order valence-corrected chi connectivity index (χ2v) is 6.38. The van der Waals surface area contributed by atoms with Gasteiger partial charge < -0.3 is 24.9 Å². The van der Waals surface area contributed by atoms with Crippen molar-refractivity contribution in [3.05, 3.63) is 59.8 Å². The zero-order valence-corrected chi connectivity index (χ0v) is 15.7. The fourth-order valence-electron chi connectivity index (χ4n) is 3.14. The lowest BCUT2D eigenvalue weighted by atomic mass is 10.0. The number of fused-ring (bicyclic) bond motifs is 1. The number of benzene rings is 2. The van der Waals surface area contributed by atoms with E-state index in [1.54, 1.807) is 31.5 Å². The molecule has 3 rings (SSSR count). The van der Waals surface area contributed by atoms with Crippen molar-refractivity contribution < 1.29 is 24.2 Å². The summed E-state index contributed by atoms with van der Waals surface area (Å²) in [4.78, 5) is 27.3. The zero-order valence-electron chi connectivity index (χ0n) is 15.7. The first kappa shape index (κ1) is 19.3. The van der Waals surface area contributed by atoms with Gasteiger partial charge in [0.05, 0.1) is 20.6 Å². The molecule has 2 aromatic carbocycles. The molecule has 1 amide bonds.